The van der Waals surface area contributed by atoms with Crippen LogP contribution in [-0.2, 0) is 0 Å². The fraction of sp³-hybridized carbons (Fsp3) is 0.364. The van der Waals surface area contributed by atoms with Gasteiger partial charge in [-0.05, 0) is 30.2 Å². The predicted octanol–water partition coefficient (Wildman–Crippen LogP) is 1.96. The largest absolute Gasteiger partial charge is 0.396 e. The molecule has 0 fully saturated rings. The normalized spacial score (nSPS) is 12.2. The van der Waals surface area contributed by atoms with Crippen molar-refractivity contribution in [1.29, 1.82) is 5.26 Å². The van der Waals surface area contributed by atoms with Crippen molar-refractivity contribution in [2.45, 2.75) is 19.8 Å². The molecule has 1 unspecified atom stereocenters. The Hall–Kier alpha value is -1.33. The number of hydrogen-bond donors (Lipinski definition) is 1. The van der Waals surface area contributed by atoms with Crippen LogP contribution < -0.4 is 0 Å². The summed E-state index contributed by atoms with van der Waals surface area (Å²) in [5.74, 6) is 0.104. The molecule has 68 valence electrons. The zero-order valence-electron chi connectivity index (χ0n) is 7.91. The first-order valence-electron chi connectivity index (χ1n) is 4.30. The Balaban J connectivity index is 3.10. The third kappa shape index (κ3) is 2.30. The van der Waals surface area contributed by atoms with Crippen LogP contribution in [-0.4, -0.2) is 11.7 Å². The predicted molar refractivity (Wildman–Crippen MR) is 51.4 cm³/mol. The number of nitriles is 1. The van der Waals surface area contributed by atoms with E-state index in [4.69, 9.17) is 10.4 Å². The summed E-state index contributed by atoms with van der Waals surface area (Å²) in [6.07, 6.45) is 0. The molecule has 1 N–H and O–H groups in total. The molecule has 1 atom stereocenters. The molecular formula is C11H13NO. The molecule has 0 spiro atoms. The van der Waals surface area contributed by atoms with Crippen molar-refractivity contribution in [2.75, 3.05) is 6.61 Å². The molecule has 0 heterocycles. The van der Waals surface area contributed by atoms with Crippen LogP contribution >= 0.6 is 0 Å². The molecule has 2 heteroatoms. The Morgan fingerprint density at radius 2 is 2.15 bits per heavy atom. The van der Waals surface area contributed by atoms with Crippen molar-refractivity contribution < 1.29 is 5.11 Å². The van der Waals surface area contributed by atoms with Gasteiger partial charge in [0.15, 0.2) is 0 Å². The quantitative estimate of drug-likeness (QED) is 0.746. The second-order valence-electron chi connectivity index (χ2n) is 3.33. The van der Waals surface area contributed by atoms with Crippen LogP contribution in [0, 0.1) is 18.3 Å². The molecule has 0 aromatic heterocycles. The smallest absolute Gasteiger partial charge is 0.0991 e. The Morgan fingerprint density at radius 3 is 2.69 bits per heavy atom. The Bertz CT molecular complexity index is 338. The molecule has 0 aliphatic carbocycles. The van der Waals surface area contributed by atoms with Gasteiger partial charge in [-0.2, -0.15) is 5.26 Å². The lowest BCUT2D eigenvalue weighted by atomic mass is 9.98. The highest BCUT2D eigenvalue weighted by atomic mass is 16.3. The zero-order valence-corrected chi connectivity index (χ0v) is 7.91. The van der Waals surface area contributed by atoms with E-state index in [1.54, 1.807) is 0 Å². The van der Waals surface area contributed by atoms with Gasteiger partial charge in [-0.1, -0.05) is 13.0 Å². The molecule has 0 saturated carbocycles. The lowest BCUT2D eigenvalue weighted by Crippen LogP contribution is -1.99. The molecule has 1 rings (SSSR count). The lowest BCUT2D eigenvalue weighted by Gasteiger charge is -2.09. The Morgan fingerprint density at radius 1 is 1.46 bits per heavy atom. The molecule has 0 saturated heterocycles. The maximum Gasteiger partial charge on any atom is 0.0991 e. The Labute approximate surface area is 78.4 Å². The molecular weight excluding hydrogens is 162 g/mol. The van der Waals surface area contributed by atoms with Gasteiger partial charge in [0, 0.05) is 12.5 Å². The number of rotatable bonds is 2. The first kappa shape index (κ1) is 9.76. The van der Waals surface area contributed by atoms with Crippen LogP contribution in [0.3, 0.4) is 0 Å². The minimum atomic E-state index is 0.104. The minimum absolute atomic E-state index is 0.104. The van der Waals surface area contributed by atoms with Crippen LogP contribution in [0.25, 0.3) is 0 Å². The van der Waals surface area contributed by atoms with Gasteiger partial charge in [0.2, 0.25) is 0 Å². The van der Waals surface area contributed by atoms with Crippen LogP contribution in [0.15, 0.2) is 18.2 Å². The second kappa shape index (κ2) is 4.06. The van der Waals surface area contributed by atoms with Gasteiger partial charge < -0.3 is 5.11 Å². The van der Waals surface area contributed by atoms with Gasteiger partial charge in [-0.15, -0.1) is 0 Å². The maximum atomic E-state index is 8.96. The van der Waals surface area contributed by atoms with E-state index in [0.29, 0.717) is 5.56 Å². The van der Waals surface area contributed by atoms with Gasteiger partial charge in [0.1, 0.15) is 0 Å². The number of benzene rings is 1. The Kier molecular flexibility index (Phi) is 3.05. The highest BCUT2D eigenvalue weighted by Gasteiger charge is 2.05. The monoisotopic (exact) mass is 175 g/mol. The third-order valence-electron chi connectivity index (χ3n) is 2.07. The summed E-state index contributed by atoms with van der Waals surface area (Å²) in [7, 11) is 0. The van der Waals surface area contributed by atoms with Crippen molar-refractivity contribution in [1.82, 2.24) is 0 Å². The molecule has 0 aliphatic heterocycles. The SMILES string of the molecule is Cc1cc(C#N)cc(C(C)CO)c1. The summed E-state index contributed by atoms with van der Waals surface area (Å²) in [5, 5.41) is 17.7. The van der Waals surface area contributed by atoms with Gasteiger partial charge in [0.05, 0.1) is 11.6 Å². The molecule has 0 radical (unpaired) electrons. The standard InChI is InChI=1S/C11H13NO/c1-8-3-10(6-12)5-11(4-8)9(2)7-13/h3-5,9,13H,7H2,1-2H3. The molecule has 13 heavy (non-hydrogen) atoms. The number of hydrogen-bond acceptors (Lipinski definition) is 2. The highest BCUT2D eigenvalue weighted by molar-refractivity contribution is 5.38. The number of aliphatic hydroxyl groups excluding tert-OH is 1. The molecule has 0 amide bonds. The van der Waals surface area contributed by atoms with Crippen LogP contribution in [0.5, 0.6) is 0 Å². The van der Waals surface area contributed by atoms with Crippen LogP contribution in [0.1, 0.15) is 29.5 Å². The van der Waals surface area contributed by atoms with Crippen LogP contribution in [0.2, 0.25) is 0 Å². The first-order valence-corrected chi connectivity index (χ1v) is 4.30. The molecule has 1 aromatic carbocycles. The second-order valence-corrected chi connectivity index (χ2v) is 3.33. The maximum absolute atomic E-state index is 8.96. The lowest BCUT2D eigenvalue weighted by molar-refractivity contribution is 0.273. The molecule has 2 nitrogen and oxygen atoms in total. The van der Waals surface area contributed by atoms with Gasteiger partial charge >= 0.3 is 0 Å². The van der Waals surface area contributed by atoms with Crippen molar-refractivity contribution in [3.05, 3.63) is 34.9 Å². The third-order valence-corrected chi connectivity index (χ3v) is 2.07. The summed E-state index contributed by atoms with van der Waals surface area (Å²) < 4.78 is 0. The van der Waals surface area contributed by atoms with Crippen molar-refractivity contribution in [3.63, 3.8) is 0 Å². The average Bonchev–Trinajstić information content (AvgIpc) is 2.15. The van der Waals surface area contributed by atoms with E-state index < -0.39 is 0 Å². The zero-order chi connectivity index (χ0) is 9.84. The van der Waals surface area contributed by atoms with Crippen molar-refractivity contribution >= 4 is 0 Å². The van der Waals surface area contributed by atoms with Gasteiger partial charge in [-0.25, -0.2) is 0 Å². The minimum Gasteiger partial charge on any atom is -0.396 e. The fourth-order valence-corrected chi connectivity index (χ4v) is 1.27. The van der Waals surface area contributed by atoms with Gasteiger partial charge in [0.25, 0.3) is 0 Å². The molecule has 0 bridgehead atoms. The fourth-order valence-electron chi connectivity index (χ4n) is 1.27. The van der Waals surface area contributed by atoms with Gasteiger partial charge in [-0.3, -0.25) is 0 Å². The number of nitrogens with zero attached hydrogens (tertiary/aromatic N) is 1. The summed E-state index contributed by atoms with van der Waals surface area (Å²) in [5.41, 5.74) is 2.75. The topological polar surface area (TPSA) is 44.0 Å². The van der Waals surface area contributed by atoms with Crippen molar-refractivity contribution in [3.8, 4) is 6.07 Å². The number of aliphatic hydroxyl groups is 1. The van der Waals surface area contributed by atoms with Crippen LogP contribution in [0.4, 0.5) is 0 Å². The first-order chi connectivity index (χ1) is 6.17. The van der Waals surface area contributed by atoms with E-state index in [0.717, 1.165) is 11.1 Å². The highest BCUT2D eigenvalue weighted by Crippen LogP contribution is 2.17. The van der Waals surface area contributed by atoms with E-state index in [1.807, 2.05) is 32.0 Å². The van der Waals surface area contributed by atoms with Crippen molar-refractivity contribution in [2.24, 2.45) is 0 Å². The summed E-state index contributed by atoms with van der Waals surface area (Å²) in [6.45, 7) is 4.01. The summed E-state index contributed by atoms with van der Waals surface area (Å²) >= 11 is 0. The van der Waals surface area contributed by atoms with E-state index in [-0.39, 0.29) is 12.5 Å². The van der Waals surface area contributed by atoms with E-state index in [9.17, 15) is 0 Å². The van der Waals surface area contributed by atoms with E-state index >= 15 is 0 Å². The average molecular weight is 175 g/mol. The molecule has 0 aliphatic rings. The summed E-state index contributed by atoms with van der Waals surface area (Å²) in [6, 6.07) is 7.78. The molecule has 1 aromatic rings. The number of aryl methyl sites for hydroxylation is 1. The van der Waals surface area contributed by atoms with E-state index in [1.165, 1.54) is 0 Å². The van der Waals surface area contributed by atoms with E-state index in [2.05, 4.69) is 6.07 Å². The summed E-state index contributed by atoms with van der Waals surface area (Å²) in [4.78, 5) is 0.